The smallest absolute Gasteiger partial charge is 0.219 e. The molecule has 1 amide bonds. The molecule has 0 aromatic carbocycles. The summed E-state index contributed by atoms with van der Waals surface area (Å²) < 4.78 is 3.84. The molecular weight excluding hydrogens is 478 g/mol. The lowest BCUT2D eigenvalue weighted by molar-refractivity contribution is -0.129. The average Bonchev–Trinajstić information content (AvgIpc) is 3.55. The van der Waals surface area contributed by atoms with Crippen LogP contribution in [0.25, 0.3) is 27.8 Å². The van der Waals surface area contributed by atoms with Crippen LogP contribution >= 0.6 is 0 Å². The second-order valence-electron chi connectivity index (χ2n) is 10.4. The van der Waals surface area contributed by atoms with E-state index in [2.05, 4.69) is 56.9 Å². The Hall–Kier alpha value is -4.23. The van der Waals surface area contributed by atoms with Crippen molar-refractivity contribution in [2.45, 2.75) is 32.9 Å². The minimum Gasteiger partial charge on any atom is -0.353 e. The van der Waals surface area contributed by atoms with Crippen molar-refractivity contribution in [2.75, 3.05) is 44.2 Å². The molecule has 0 bridgehead atoms. The maximum Gasteiger partial charge on any atom is 0.219 e. The Morgan fingerprint density at radius 3 is 2.45 bits per heavy atom. The Labute approximate surface area is 221 Å². The van der Waals surface area contributed by atoms with Gasteiger partial charge < -0.3 is 9.80 Å². The van der Waals surface area contributed by atoms with Gasteiger partial charge in [0.2, 0.25) is 5.91 Å². The fraction of sp³-hybridized carbons (Fsp3) is 0.393. The van der Waals surface area contributed by atoms with E-state index >= 15 is 0 Å². The maximum atomic E-state index is 11.7. The zero-order valence-electron chi connectivity index (χ0n) is 21.9. The molecule has 0 unspecified atom stereocenters. The first kappa shape index (κ1) is 24.1. The summed E-state index contributed by atoms with van der Waals surface area (Å²) in [6.45, 7) is 11.0. The number of anilines is 1. The van der Waals surface area contributed by atoms with Crippen LogP contribution in [-0.4, -0.2) is 85.4 Å². The molecule has 0 spiro atoms. The molecule has 194 valence electrons. The first-order valence-corrected chi connectivity index (χ1v) is 13.1. The van der Waals surface area contributed by atoms with Gasteiger partial charge in [-0.05, 0) is 32.0 Å². The fourth-order valence-corrected chi connectivity index (χ4v) is 5.33. The van der Waals surface area contributed by atoms with Gasteiger partial charge >= 0.3 is 0 Å². The Kier molecular flexibility index (Phi) is 6.08. The highest BCUT2D eigenvalue weighted by molar-refractivity contribution is 5.87. The lowest BCUT2D eigenvalue weighted by atomic mass is 10.0. The SMILES string of the molecule is CC(=O)N1CCN(c2ccc(-c3cc(-c4cnn(C5CN(C(C)C)C5)c4)cn4ncc(C#N)c34)cn2)CC1. The van der Waals surface area contributed by atoms with Gasteiger partial charge in [0.05, 0.1) is 29.5 Å². The van der Waals surface area contributed by atoms with E-state index in [1.807, 2.05) is 35.6 Å². The van der Waals surface area contributed by atoms with E-state index in [0.29, 0.717) is 30.7 Å². The van der Waals surface area contributed by atoms with Crippen molar-refractivity contribution in [3.63, 3.8) is 0 Å². The number of fused-ring (bicyclic) bond motifs is 1. The minimum atomic E-state index is 0.113. The summed E-state index contributed by atoms with van der Waals surface area (Å²) >= 11 is 0. The van der Waals surface area contributed by atoms with Crippen LogP contribution in [0, 0.1) is 11.3 Å². The molecule has 2 saturated heterocycles. The van der Waals surface area contributed by atoms with Gasteiger partial charge in [-0.15, -0.1) is 0 Å². The molecule has 4 aromatic heterocycles. The zero-order valence-corrected chi connectivity index (χ0v) is 21.9. The summed E-state index contributed by atoms with van der Waals surface area (Å²) in [5, 5.41) is 18.9. The number of amides is 1. The van der Waals surface area contributed by atoms with Gasteiger partial charge in [0.1, 0.15) is 11.9 Å². The van der Waals surface area contributed by atoms with E-state index in [1.165, 1.54) is 0 Å². The summed E-state index contributed by atoms with van der Waals surface area (Å²) in [4.78, 5) is 22.9. The topological polar surface area (TPSA) is 98.6 Å². The first-order valence-electron chi connectivity index (χ1n) is 13.1. The van der Waals surface area contributed by atoms with Crippen LogP contribution in [-0.2, 0) is 4.79 Å². The molecule has 0 radical (unpaired) electrons. The second kappa shape index (κ2) is 9.58. The highest BCUT2D eigenvalue weighted by Crippen LogP contribution is 2.33. The van der Waals surface area contributed by atoms with E-state index in [-0.39, 0.29) is 5.91 Å². The van der Waals surface area contributed by atoms with Gasteiger partial charge in [-0.3, -0.25) is 14.4 Å². The van der Waals surface area contributed by atoms with Gasteiger partial charge in [-0.1, -0.05) is 0 Å². The van der Waals surface area contributed by atoms with Crippen molar-refractivity contribution < 1.29 is 4.79 Å². The third-order valence-electron chi connectivity index (χ3n) is 7.77. The number of carbonyl (C=O) groups is 1. The van der Waals surface area contributed by atoms with Crippen molar-refractivity contribution in [3.05, 3.63) is 54.7 Å². The van der Waals surface area contributed by atoms with Gasteiger partial charge in [0.15, 0.2) is 0 Å². The van der Waals surface area contributed by atoms with E-state index in [0.717, 1.165) is 59.8 Å². The summed E-state index contributed by atoms with van der Waals surface area (Å²) in [5.41, 5.74) is 5.10. The molecule has 10 nitrogen and oxygen atoms in total. The molecule has 10 heteroatoms. The van der Waals surface area contributed by atoms with Crippen LogP contribution in [0.5, 0.6) is 0 Å². The number of hydrogen-bond donors (Lipinski definition) is 0. The molecule has 4 aromatic rings. The van der Waals surface area contributed by atoms with Crippen molar-refractivity contribution in [1.82, 2.24) is 34.2 Å². The monoisotopic (exact) mass is 509 g/mol. The number of nitrogens with zero attached hydrogens (tertiary/aromatic N) is 9. The Balaban J connectivity index is 1.30. The Bertz CT molecular complexity index is 1510. The van der Waals surface area contributed by atoms with E-state index in [9.17, 15) is 10.1 Å². The third kappa shape index (κ3) is 4.29. The van der Waals surface area contributed by atoms with Gasteiger partial charge in [-0.2, -0.15) is 15.5 Å². The van der Waals surface area contributed by atoms with Crippen molar-refractivity contribution in [3.8, 4) is 28.3 Å². The number of nitriles is 1. The second-order valence-corrected chi connectivity index (χ2v) is 10.4. The molecule has 0 N–H and O–H groups in total. The number of hydrogen-bond acceptors (Lipinski definition) is 7. The number of likely N-dealkylation sites (tertiary alicyclic amines) is 1. The molecule has 6 heterocycles. The highest BCUT2D eigenvalue weighted by atomic mass is 16.2. The molecule has 2 fully saturated rings. The largest absolute Gasteiger partial charge is 0.353 e. The Morgan fingerprint density at radius 2 is 1.79 bits per heavy atom. The van der Waals surface area contributed by atoms with E-state index < -0.39 is 0 Å². The lowest BCUT2D eigenvalue weighted by Crippen LogP contribution is -2.50. The van der Waals surface area contributed by atoms with Crippen LogP contribution in [0.3, 0.4) is 0 Å². The molecule has 0 saturated carbocycles. The summed E-state index contributed by atoms with van der Waals surface area (Å²) in [6.07, 6.45) is 9.43. The normalized spacial score (nSPS) is 16.7. The number of rotatable bonds is 5. The van der Waals surface area contributed by atoms with Crippen molar-refractivity contribution in [1.29, 1.82) is 5.26 Å². The average molecular weight is 510 g/mol. The Morgan fingerprint density at radius 1 is 1.00 bits per heavy atom. The summed E-state index contributed by atoms with van der Waals surface area (Å²) in [7, 11) is 0. The number of aromatic nitrogens is 5. The zero-order chi connectivity index (χ0) is 26.4. The summed E-state index contributed by atoms with van der Waals surface area (Å²) in [6, 6.07) is 9.37. The van der Waals surface area contributed by atoms with Crippen LogP contribution in [0.15, 0.2) is 49.2 Å². The predicted molar refractivity (Wildman–Crippen MR) is 145 cm³/mol. The third-order valence-corrected chi connectivity index (χ3v) is 7.77. The molecule has 0 atom stereocenters. The molecule has 2 aliphatic rings. The number of pyridine rings is 2. The molecule has 38 heavy (non-hydrogen) atoms. The molecule has 0 aliphatic carbocycles. The molecule has 6 rings (SSSR count). The van der Waals surface area contributed by atoms with Crippen LogP contribution in [0.2, 0.25) is 0 Å². The van der Waals surface area contributed by atoms with Gasteiger partial charge in [0.25, 0.3) is 0 Å². The lowest BCUT2D eigenvalue weighted by Gasteiger charge is -2.41. The van der Waals surface area contributed by atoms with Crippen LogP contribution in [0.4, 0.5) is 5.82 Å². The minimum absolute atomic E-state index is 0.113. The number of carbonyl (C=O) groups excluding carboxylic acids is 1. The van der Waals surface area contributed by atoms with Crippen molar-refractivity contribution >= 4 is 17.2 Å². The fourth-order valence-electron chi connectivity index (χ4n) is 5.33. The van der Waals surface area contributed by atoms with Gasteiger partial charge in [0, 0.05) is 93.1 Å². The highest BCUT2D eigenvalue weighted by Gasteiger charge is 2.30. The van der Waals surface area contributed by atoms with Crippen LogP contribution < -0.4 is 4.90 Å². The molecule has 2 aliphatic heterocycles. The molecular formula is C28H31N9O. The standard InChI is InChI=1S/C28H31N9O/c1-19(2)35-17-25(18-35)36-16-24(14-31-36)22-10-26(28-23(11-29)13-32-37(28)15-22)21-4-5-27(30-12-21)34-8-6-33(7-9-34)20(3)38/h4-5,10,12-16,19,25H,6-9,17-18H2,1-3H3. The quantitative estimate of drug-likeness (QED) is 0.408. The van der Waals surface area contributed by atoms with Crippen molar-refractivity contribution in [2.24, 2.45) is 0 Å². The number of piperazine rings is 1. The van der Waals surface area contributed by atoms with Gasteiger partial charge in [-0.25, -0.2) is 9.50 Å². The van der Waals surface area contributed by atoms with E-state index in [1.54, 1.807) is 17.6 Å². The first-order chi connectivity index (χ1) is 18.4. The predicted octanol–water partition coefficient (Wildman–Crippen LogP) is 3.07. The van der Waals surface area contributed by atoms with Crippen LogP contribution in [0.1, 0.15) is 32.4 Å². The van der Waals surface area contributed by atoms with E-state index in [4.69, 9.17) is 4.98 Å². The summed E-state index contributed by atoms with van der Waals surface area (Å²) in [5.74, 6) is 0.997. The maximum absolute atomic E-state index is 11.7.